The van der Waals surface area contributed by atoms with Gasteiger partial charge in [0.15, 0.2) is 5.76 Å². The summed E-state index contributed by atoms with van der Waals surface area (Å²) in [7, 11) is 0.391. The first-order chi connectivity index (χ1) is 10.3. The molecule has 0 fully saturated rings. The Morgan fingerprint density at radius 1 is 1.13 bits per heavy atom. The number of nitrogens with one attached hydrogen (secondary N) is 1. The Morgan fingerprint density at radius 3 is 2.17 bits per heavy atom. The summed E-state index contributed by atoms with van der Waals surface area (Å²) in [6.07, 6.45) is 0. The van der Waals surface area contributed by atoms with Crippen molar-refractivity contribution >= 4 is 10.0 Å². The number of hydrogen-bond acceptors (Lipinski definition) is 5. The van der Waals surface area contributed by atoms with E-state index < -0.39 is 10.0 Å². The summed E-state index contributed by atoms with van der Waals surface area (Å²) < 4.78 is 32.1. The fraction of sp³-hybridized carbons (Fsp3) is 0.400. The first-order valence-electron chi connectivity index (χ1n) is 6.94. The lowest BCUT2D eigenvalue weighted by Gasteiger charge is -2.10. The molecule has 1 aromatic carbocycles. The molecule has 6 nitrogen and oxygen atoms in total. The number of sulfonamides is 1. The van der Waals surface area contributed by atoms with E-state index in [0.717, 1.165) is 12.1 Å². The molecule has 8 heteroatoms. The van der Waals surface area contributed by atoms with Gasteiger partial charge in [-0.2, -0.15) is 0 Å². The molecule has 0 aliphatic heterocycles. The van der Waals surface area contributed by atoms with Crippen LogP contribution >= 0.6 is 0 Å². The van der Waals surface area contributed by atoms with Crippen LogP contribution < -0.4 is 17.1 Å². The maximum Gasteiger partial charge on any atom is 0.246 e. The summed E-state index contributed by atoms with van der Waals surface area (Å²) in [6, 6.07) is 7.85. The van der Waals surface area contributed by atoms with Gasteiger partial charge in [-0.1, -0.05) is 29.4 Å². The molecule has 0 spiro atoms. The van der Waals surface area contributed by atoms with Crippen molar-refractivity contribution in [2.24, 2.45) is 0 Å². The van der Waals surface area contributed by atoms with Gasteiger partial charge in [0.25, 0.3) is 0 Å². The number of rotatable bonds is 6. The molecular weight excluding hydrogens is 338 g/mol. The fourth-order valence-electron chi connectivity index (χ4n) is 2.24. The van der Waals surface area contributed by atoms with Crippen LogP contribution in [0.3, 0.4) is 0 Å². The van der Waals surface area contributed by atoms with Crippen molar-refractivity contribution in [3.8, 4) is 0 Å². The standard InChI is InChI=1S/C15H21N3O3S.ClH/c1-11-15(12(2)21-17-11)22(19,20)16-9-13-5-7-14(8-6-13)10-18(3)4;/h5-8,16H,9-10H2,1-4H3;1H/p-1. The molecule has 0 radical (unpaired) electrons. The van der Waals surface area contributed by atoms with Gasteiger partial charge in [0.2, 0.25) is 10.0 Å². The molecule has 2 aromatic rings. The smallest absolute Gasteiger partial charge is 0.246 e. The van der Waals surface area contributed by atoms with Crippen LogP contribution in [0.4, 0.5) is 0 Å². The number of hydrogen-bond donors (Lipinski definition) is 1. The highest BCUT2D eigenvalue weighted by atomic mass is 35.5. The van der Waals surface area contributed by atoms with Gasteiger partial charge in [-0.25, -0.2) is 13.1 Å². The Balaban J connectivity index is 0.00000264. The molecule has 0 aliphatic carbocycles. The maximum absolute atomic E-state index is 12.3. The van der Waals surface area contributed by atoms with Gasteiger partial charge in [0.1, 0.15) is 10.6 Å². The van der Waals surface area contributed by atoms with Crippen LogP contribution in [0.15, 0.2) is 33.7 Å². The zero-order chi connectivity index (χ0) is 16.3. The zero-order valence-corrected chi connectivity index (χ0v) is 15.2. The quantitative estimate of drug-likeness (QED) is 0.704. The first-order valence-corrected chi connectivity index (χ1v) is 8.43. The van der Waals surface area contributed by atoms with Gasteiger partial charge in [-0.15, -0.1) is 0 Å². The van der Waals surface area contributed by atoms with Crippen molar-refractivity contribution in [2.45, 2.75) is 31.8 Å². The molecule has 128 valence electrons. The minimum absolute atomic E-state index is 0. The van der Waals surface area contributed by atoms with Crippen LogP contribution in [-0.4, -0.2) is 32.6 Å². The number of nitrogens with zero attached hydrogens (tertiary/aromatic N) is 2. The number of aromatic nitrogens is 1. The second-order valence-electron chi connectivity index (χ2n) is 5.53. The van der Waals surface area contributed by atoms with Crippen LogP contribution in [0, 0.1) is 13.8 Å². The van der Waals surface area contributed by atoms with E-state index >= 15 is 0 Å². The molecule has 0 saturated heterocycles. The van der Waals surface area contributed by atoms with Gasteiger partial charge in [0, 0.05) is 13.1 Å². The van der Waals surface area contributed by atoms with Crippen LogP contribution in [-0.2, 0) is 23.1 Å². The fourth-order valence-corrected chi connectivity index (χ4v) is 3.58. The molecule has 0 saturated carbocycles. The molecule has 1 heterocycles. The summed E-state index contributed by atoms with van der Waals surface area (Å²) in [6.45, 7) is 4.28. The Bertz CT molecular complexity index is 720. The monoisotopic (exact) mass is 358 g/mol. The summed E-state index contributed by atoms with van der Waals surface area (Å²) in [5.41, 5.74) is 2.45. The van der Waals surface area contributed by atoms with E-state index in [4.69, 9.17) is 4.52 Å². The number of aryl methyl sites for hydroxylation is 2. The largest absolute Gasteiger partial charge is 1.00 e. The lowest BCUT2D eigenvalue weighted by Crippen LogP contribution is -3.00. The highest BCUT2D eigenvalue weighted by molar-refractivity contribution is 7.89. The van der Waals surface area contributed by atoms with E-state index in [1.54, 1.807) is 13.8 Å². The molecule has 23 heavy (non-hydrogen) atoms. The van der Waals surface area contributed by atoms with Crippen LogP contribution in [0.2, 0.25) is 0 Å². The molecule has 0 aliphatic rings. The second-order valence-corrected chi connectivity index (χ2v) is 7.24. The Labute approximate surface area is 143 Å². The Kier molecular flexibility index (Phi) is 6.76. The van der Waals surface area contributed by atoms with Crippen molar-refractivity contribution in [2.75, 3.05) is 14.1 Å². The molecule has 1 aromatic heterocycles. The summed E-state index contributed by atoms with van der Waals surface area (Å²) >= 11 is 0. The average molecular weight is 359 g/mol. The van der Waals surface area contributed by atoms with Crippen molar-refractivity contribution in [1.29, 1.82) is 0 Å². The van der Waals surface area contributed by atoms with E-state index in [1.165, 1.54) is 5.56 Å². The lowest BCUT2D eigenvalue weighted by molar-refractivity contribution is -0.00000802. The average Bonchev–Trinajstić information content (AvgIpc) is 2.77. The maximum atomic E-state index is 12.3. The first kappa shape index (κ1) is 19.6. The molecule has 2 rings (SSSR count). The van der Waals surface area contributed by atoms with Crippen molar-refractivity contribution < 1.29 is 25.3 Å². The normalized spacial score (nSPS) is 11.5. The minimum atomic E-state index is -3.62. The molecular formula is C15H21ClN3O3S-. The minimum Gasteiger partial charge on any atom is -1.00 e. The van der Waals surface area contributed by atoms with Gasteiger partial charge >= 0.3 is 0 Å². The second kappa shape index (κ2) is 7.92. The van der Waals surface area contributed by atoms with Crippen molar-refractivity contribution in [3.63, 3.8) is 0 Å². The molecule has 0 atom stereocenters. The van der Waals surface area contributed by atoms with E-state index in [2.05, 4.69) is 14.8 Å². The SMILES string of the molecule is Cc1noc(C)c1S(=O)(=O)NCc1ccc(CN(C)C)cc1.[Cl-]. The Hall–Kier alpha value is -1.41. The highest BCUT2D eigenvalue weighted by Gasteiger charge is 2.23. The lowest BCUT2D eigenvalue weighted by atomic mass is 10.1. The summed E-state index contributed by atoms with van der Waals surface area (Å²) in [5, 5.41) is 3.68. The third-order valence-electron chi connectivity index (χ3n) is 3.22. The van der Waals surface area contributed by atoms with Crippen molar-refractivity contribution in [3.05, 3.63) is 46.8 Å². The van der Waals surface area contributed by atoms with Gasteiger partial charge in [-0.05, 0) is 39.1 Å². The number of halogens is 1. The summed E-state index contributed by atoms with van der Waals surface area (Å²) in [5.74, 6) is 0.298. The van der Waals surface area contributed by atoms with E-state index in [-0.39, 0.29) is 23.8 Å². The van der Waals surface area contributed by atoms with Crippen LogP contribution in [0.1, 0.15) is 22.6 Å². The predicted molar refractivity (Wildman–Crippen MR) is 83.8 cm³/mol. The van der Waals surface area contributed by atoms with Crippen LogP contribution in [0.25, 0.3) is 0 Å². The third-order valence-corrected chi connectivity index (χ3v) is 4.87. The molecule has 0 amide bonds. The predicted octanol–water partition coefficient (Wildman–Crippen LogP) is -1.16. The third kappa shape index (κ3) is 5.04. The van der Waals surface area contributed by atoms with E-state index in [9.17, 15) is 8.42 Å². The zero-order valence-electron chi connectivity index (χ0n) is 13.6. The summed E-state index contributed by atoms with van der Waals surface area (Å²) in [4.78, 5) is 2.20. The topological polar surface area (TPSA) is 75.4 Å². The molecule has 0 unspecified atom stereocenters. The molecule has 1 N–H and O–H groups in total. The van der Waals surface area contributed by atoms with Crippen LogP contribution in [0.5, 0.6) is 0 Å². The Morgan fingerprint density at radius 2 is 1.70 bits per heavy atom. The molecule has 0 bridgehead atoms. The number of benzene rings is 1. The van der Waals surface area contributed by atoms with Gasteiger partial charge < -0.3 is 21.8 Å². The van der Waals surface area contributed by atoms with E-state index in [1.807, 2.05) is 38.4 Å². The van der Waals surface area contributed by atoms with E-state index in [0.29, 0.717) is 11.5 Å². The van der Waals surface area contributed by atoms with Gasteiger partial charge in [0.05, 0.1) is 0 Å². The highest BCUT2D eigenvalue weighted by Crippen LogP contribution is 2.19. The van der Waals surface area contributed by atoms with Gasteiger partial charge in [-0.3, -0.25) is 0 Å². The van der Waals surface area contributed by atoms with Crippen molar-refractivity contribution in [1.82, 2.24) is 14.8 Å².